The maximum Gasteiger partial charge on any atom is 0.239 e. The molecule has 3 aliphatic rings. The van der Waals surface area contributed by atoms with Crippen LogP contribution in [0.4, 0.5) is 5.69 Å². The number of carbonyl (C=O) groups excluding carboxylic acids is 2. The first kappa shape index (κ1) is 17.9. The number of hydrogen-bond donors (Lipinski definition) is 0. The summed E-state index contributed by atoms with van der Waals surface area (Å²) in [5, 5.41) is 0. The molecule has 1 aromatic carbocycles. The summed E-state index contributed by atoms with van der Waals surface area (Å²) in [5.74, 6) is -0.335. The van der Waals surface area contributed by atoms with Crippen molar-refractivity contribution in [3.63, 3.8) is 0 Å². The van der Waals surface area contributed by atoms with Gasteiger partial charge in [-0.3, -0.25) is 9.59 Å². The Kier molecular flexibility index (Phi) is 5.29. The molecular weight excluding hydrogens is 400 g/mol. The Bertz CT molecular complexity index is 684. The highest BCUT2D eigenvalue weighted by Gasteiger charge is 2.41. The standard InChI is InChI=1S/C19H23BrN2O4/c20-15-3-1-2-4-16(15)22-10-7-14(18(22)24)17(23)21-8-5-13(6-9-21)19-25-11-12-26-19/h1-4,13-14,19H,5-12H2. The molecule has 6 nitrogen and oxygen atoms in total. The van der Waals surface area contributed by atoms with Crippen LogP contribution in [0.15, 0.2) is 28.7 Å². The van der Waals surface area contributed by atoms with Crippen molar-refractivity contribution in [3.05, 3.63) is 28.7 Å². The number of anilines is 1. The third-order valence-corrected chi connectivity index (χ3v) is 6.20. The average Bonchev–Trinajstić information content (AvgIpc) is 3.32. The molecule has 140 valence electrons. The van der Waals surface area contributed by atoms with Crippen LogP contribution in [-0.2, 0) is 19.1 Å². The maximum absolute atomic E-state index is 12.9. The highest BCUT2D eigenvalue weighted by molar-refractivity contribution is 9.10. The second-order valence-electron chi connectivity index (χ2n) is 7.06. The van der Waals surface area contributed by atoms with Gasteiger partial charge in [0.1, 0.15) is 5.92 Å². The van der Waals surface area contributed by atoms with E-state index in [0.29, 0.717) is 45.2 Å². The summed E-state index contributed by atoms with van der Waals surface area (Å²) < 4.78 is 12.1. The summed E-state index contributed by atoms with van der Waals surface area (Å²) in [5.41, 5.74) is 0.835. The number of ether oxygens (including phenoxy) is 2. The van der Waals surface area contributed by atoms with E-state index in [1.54, 1.807) is 4.90 Å². The Morgan fingerprint density at radius 2 is 1.73 bits per heavy atom. The van der Waals surface area contributed by atoms with E-state index in [9.17, 15) is 9.59 Å². The number of para-hydroxylation sites is 1. The molecule has 0 N–H and O–H groups in total. The van der Waals surface area contributed by atoms with Gasteiger partial charge in [0.15, 0.2) is 6.29 Å². The van der Waals surface area contributed by atoms with E-state index < -0.39 is 5.92 Å². The fraction of sp³-hybridized carbons (Fsp3) is 0.579. The van der Waals surface area contributed by atoms with Crippen LogP contribution in [0.3, 0.4) is 0 Å². The van der Waals surface area contributed by atoms with Gasteiger partial charge in [0.25, 0.3) is 0 Å². The van der Waals surface area contributed by atoms with Gasteiger partial charge in [-0.1, -0.05) is 12.1 Å². The lowest BCUT2D eigenvalue weighted by Crippen LogP contribution is -2.45. The number of hydrogen-bond acceptors (Lipinski definition) is 4. The minimum absolute atomic E-state index is 0.0312. The van der Waals surface area contributed by atoms with Gasteiger partial charge in [-0.25, -0.2) is 0 Å². The van der Waals surface area contributed by atoms with Crippen molar-refractivity contribution < 1.29 is 19.1 Å². The second kappa shape index (κ2) is 7.66. The topological polar surface area (TPSA) is 59.1 Å². The molecule has 0 saturated carbocycles. The van der Waals surface area contributed by atoms with Crippen LogP contribution < -0.4 is 4.90 Å². The zero-order valence-corrected chi connectivity index (χ0v) is 16.2. The number of halogens is 1. The summed E-state index contributed by atoms with van der Waals surface area (Å²) in [6, 6.07) is 7.64. The van der Waals surface area contributed by atoms with Gasteiger partial charge in [-0.15, -0.1) is 0 Å². The van der Waals surface area contributed by atoms with Crippen LogP contribution in [0.2, 0.25) is 0 Å². The van der Waals surface area contributed by atoms with Gasteiger partial charge in [-0.05, 0) is 47.3 Å². The lowest BCUT2D eigenvalue weighted by atomic mass is 9.94. The number of benzene rings is 1. The first-order valence-electron chi connectivity index (χ1n) is 9.23. The molecule has 3 aliphatic heterocycles. The smallest absolute Gasteiger partial charge is 0.239 e. The SMILES string of the molecule is O=C(C1CCN(c2ccccc2Br)C1=O)N1CCC(C2OCCO2)CC1. The van der Waals surface area contributed by atoms with Crippen LogP contribution in [0.1, 0.15) is 19.3 Å². The molecule has 0 aromatic heterocycles. The lowest BCUT2D eigenvalue weighted by molar-refractivity contribution is -0.144. The van der Waals surface area contributed by atoms with Crippen molar-refractivity contribution in [2.75, 3.05) is 37.7 Å². The van der Waals surface area contributed by atoms with Gasteiger partial charge < -0.3 is 19.3 Å². The van der Waals surface area contributed by atoms with Crippen molar-refractivity contribution in [2.24, 2.45) is 11.8 Å². The number of likely N-dealkylation sites (tertiary alicyclic amines) is 1. The molecule has 1 unspecified atom stereocenters. The Morgan fingerprint density at radius 1 is 1.04 bits per heavy atom. The third kappa shape index (κ3) is 3.40. The number of piperidine rings is 1. The Labute approximate surface area is 161 Å². The van der Waals surface area contributed by atoms with Gasteiger partial charge in [0.2, 0.25) is 11.8 Å². The molecular formula is C19H23BrN2O4. The predicted molar refractivity (Wildman–Crippen MR) is 99.6 cm³/mol. The Morgan fingerprint density at radius 3 is 2.42 bits per heavy atom. The van der Waals surface area contributed by atoms with E-state index in [1.807, 2.05) is 29.2 Å². The van der Waals surface area contributed by atoms with Crippen LogP contribution >= 0.6 is 15.9 Å². The summed E-state index contributed by atoms with van der Waals surface area (Å²) in [7, 11) is 0. The highest BCUT2D eigenvalue weighted by Crippen LogP contribution is 2.33. The van der Waals surface area contributed by atoms with Crippen molar-refractivity contribution in [1.29, 1.82) is 0 Å². The first-order valence-corrected chi connectivity index (χ1v) is 10.0. The monoisotopic (exact) mass is 422 g/mol. The summed E-state index contributed by atoms with van der Waals surface area (Å²) in [6.45, 7) is 3.24. The van der Waals surface area contributed by atoms with E-state index in [0.717, 1.165) is 23.0 Å². The molecule has 26 heavy (non-hydrogen) atoms. The average molecular weight is 423 g/mol. The first-order chi connectivity index (χ1) is 12.6. The molecule has 0 aliphatic carbocycles. The van der Waals surface area contributed by atoms with E-state index in [1.165, 1.54) is 0 Å². The van der Waals surface area contributed by atoms with Crippen molar-refractivity contribution in [2.45, 2.75) is 25.6 Å². The van der Waals surface area contributed by atoms with Crippen LogP contribution in [0.25, 0.3) is 0 Å². The maximum atomic E-state index is 12.9. The van der Waals surface area contributed by atoms with E-state index in [2.05, 4.69) is 15.9 Å². The highest BCUT2D eigenvalue weighted by atomic mass is 79.9. The largest absolute Gasteiger partial charge is 0.350 e. The number of nitrogens with zero attached hydrogens (tertiary/aromatic N) is 2. The van der Waals surface area contributed by atoms with Crippen molar-refractivity contribution in [1.82, 2.24) is 4.90 Å². The van der Waals surface area contributed by atoms with Gasteiger partial charge in [0.05, 0.1) is 18.9 Å². The normalized spacial score (nSPS) is 25.3. The molecule has 4 rings (SSSR count). The molecule has 0 spiro atoms. The number of carbonyl (C=O) groups is 2. The van der Waals surface area contributed by atoms with Crippen LogP contribution in [-0.4, -0.2) is 55.9 Å². The number of amides is 2. The summed E-state index contributed by atoms with van der Waals surface area (Å²) in [4.78, 5) is 29.3. The zero-order valence-electron chi connectivity index (χ0n) is 14.6. The van der Waals surface area contributed by atoms with E-state index in [4.69, 9.17) is 9.47 Å². The molecule has 3 saturated heterocycles. The second-order valence-corrected chi connectivity index (χ2v) is 7.91. The quantitative estimate of drug-likeness (QED) is 0.701. The van der Waals surface area contributed by atoms with E-state index in [-0.39, 0.29) is 18.1 Å². The van der Waals surface area contributed by atoms with Gasteiger partial charge >= 0.3 is 0 Å². The molecule has 0 bridgehead atoms. The molecule has 1 aromatic rings. The zero-order chi connectivity index (χ0) is 18.1. The molecule has 1 atom stereocenters. The Balaban J connectivity index is 1.37. The minimum Gasteiger partial charge on any atom is -0.350 e. The third-order valence-electron chi connectivity index (χ3n) is 5.53. The van der Waals surface area contributed by atoms with Crippen molar-refractivity contribution >= 4 is 33.4 Å². The minimum atomic E-state index is -0.558. The fourth-order valence-corrected chi connectivity index (χ4v) is 4.58. The van der Waals surface area contributed by atoms with Crippen LogP contribution in [0, 0.1) is 11.8 Å². The molecule has 3 heterocycles. The number of rotatable bonds is 3. The molecule has 3 fully saturated rings. The molecule has 7 heteroatoms. The molecule has 2 amide bonds. The molecule has 0 radical (unpaired) electrons. The Hall–Kier alpha value is -1.44. The predicted octanol–water partition coefficient (Wildman–Crippen LogP) is 2.41. The van der Waals surface area contributed by atoms with Gasteiger partial charge in [-0.2, -0.15) is 0 Å². The summed E-state index contributed by atoms with van der Waals surface area (Å²) in [6.07, 6.45) is 2.19. The van der Waals surface area contributed by atoms with Crippen molar-refractivity contribution in [3.8, 4) is 0 Å². The van der Waals surface area contributed by atoms with Gasteiger partial charge in [0, 0.05) is 30.0 Å². The van der Waals surface area contributed by atoms with Crippen LogP contribution in [0.5, 0.6) is 0 Å². The fourth-order valence-electron chi connectivity index (χ4n) is 4.08. The van der Waals surface area contributed by atoms with E-state index >= 15 is 0 Å². The lowest BCUT2D eigenvalue weighted by Gasteiger charge is -2.34. The summed E-state index contributed by atoms with van der Waals surface area (Å²) >= 11 is 3.49.